The first kappa shape index (κ1) is 14.6. The van der Waals surface area contributed by atoms with Crippen molar-refractivity contribution in [2.75, 3.05) is 11.5 Å². The maximum absolute atomic E-state index is 3.68. The van der Waals surface area contributed by atoms with Gasteiger partial charge in [0.25, 0.3) is 0 Å². The molecular formula is C15H25NS. The summed E-state index contributed by atoms with van der Waals surface area (Å²) in [6.07, 6.45) is 0. The zero-order chi connectivity index (χ0) is 12.8. The predicted molar refractivity (Wildman–Crippen MR) is 79.9 cm³/mol. The Kier molecular flexibility index (Phi) is 6.07. The minimum Gasteiger partial charge on any atom is -0.307 e. The van der Waals surface area contributed by atoms with Crippen LogP contribution in [0.3, 0.4) is 0 Å². The molecule has 1 rings (SSSR count). The second-order valence-electron chi connectivity index (χ2n) is 4.81. The summed E-state index contributed by atoms with van der Waals surface area (Å²) < 4.78 is 0. The number of thioether (sulfide) groups is 1. The van der Waals surface area contributed by atoms with Crippen LogP contribution in [0.25, 0.3) is 0 Å². The zero-order valence-electron chi connectivity index (χ0n) is 11.7. The molecule has 2 unspecified atom stereocenters. The Bertz CT molecular complexity index is 349. The van der Waals surface area contributed by atoms with Crippen molar-refractivity contribution in [3.8, 4) is 0 Å². The fourth-order valence-electron chi connectivity index (χ4n) is 2.09. The molecule has 2 atom stereocenters. The molecule has 0 bridgehead atoms. The highest BCUT2D eigenvalue weighted by Crippen LogP contribution is 2.19. The topological polar surface area (TPSA) is 12.0 Å². The van der Waals surface area contributed by atoms with Gasteiger partial charge < -0.3 is 5.32 Å². The highest BCUT2D eigenvalue weighted by Gasteiger charge is 2.11. The van der Waals surface area contributed by atoms with Crippen LogP contribution in [0.2, 0.25) is 0 Å². The Morgan fingerprint density at radius 1 is 1.24 bits per heavy atom. The molecule has 0 heterocycles. The van der Waals surface area contributed by atoms with Crippen LogP contribution in [0.5, 0.6) is 0 Å². The molecule has 17 heavy (non-hydrogen) atoms. The van der Waals surface area contributed by atoms with Crippen molar-refractivity contribution < 1.29 is 0 Å². The van der Waals surface area contributed by atoms with Crippen molar-refractivity contribution in [3.05, 3.63) is 34.9 Å². The van der Waals surface area contributed by atoms with E-state index in [1.54, 1.807) is 0 Å². The van der Waals surface area contributed by atoms with Gasteiger partial charge in [0.2, 0.25) is 0 Å². The Hall–Kier alpha value is -0.470. The minimum absolute atomic E-state index is 0.433. The number of rotatable bonds is 6. The molecule has 0 radical (unpaired) electrons. The van der Waals surface area contributed by atoms with E-state index < -0.39 is 0 Å². The second kappa shape index (κ2) is 7.07. The van der Waals surface area contributed by atoms with Crippen molar-refractivity contribution in [2.45, 2.75) is 46.7 Å². The lowest BCUT2D eigenvalue weighted by Gasteiger charge is -2.22. The third-order valence-electron chi connectivity index (χ3n) is 3.01. The standard InChI is InChI=1S/C15H25NS/c1-6-17-10-13(4)16-14(5)15-9-11(2)7-8-12(15)3/h7-9,13-14,16H,6,10H2,1-5H3. The van der Waals surface area contributed by atoms with E-state index in [9.17, 15) is 0 Å². The van der Waals surface area contributed by atoms with Crippen LogP contribution in [0.1, 0.15) is 43.5 Å². The number of benzene rings is 1. The van der Waals surface area contributed by atoms with Crippen molar-refractivity contribution in [3.63, 3.8) is 0 Å². The summed E-state index contributed by atoms with van der Waals surface area (Å²) in [7, 11) is 0. The molecule has 0 amide bonds. The summed E-state index contributed by atoms with van der Waals surface area (Å²) in [6.45, 7) is 11.1. The van der Waals surface area contributed by atoms with Gasteiger partial charge in [-0.05, 0) is 44.6 Å². The molecule has 0 saturated heterocycles. The van der Waals surface area contributed by atoms with Gasteiger partial charge in [0.1, 0.15) is 0 Å². The molecule has 1 N–H and O–H groups in total. The van der Waals surface area contributed by atoms with E-state index >= 15 is 0 Å². The van der Waals surface area contributed by atoms with Gasteiger partial charge in [-0.1, -0.05) is 30.7 Å². The third kappa shape index (κ3) is 4.72. The summed E-state index contributed by atoms with van der Waals surface area (Å²) in [6, 6.07) is 7.69. The second-order valence-corrected chi connectivity index (χ2v) is 6.13. The van der Waals surface area contributed by atoms with Gasteiger partial charge in [0.05, 0.1) is 0 Å². The molecule has 0 fully saturated rings. The number of aryl methyl sites for hydroxylation is 2. The number of nitrogens with one attached hydrogen (secondary N) is 1. The Morgan fingerprint density at radius 2 is 1.94 bits per heavy atom. The average molecular weight is 251 g/mol. The molecule has 0 spiro atoms. The van der Waals surface area contributed by atoms with Crippen LogP contribution in [0, 0.1) is 13.8 Å². The first-order chi connectivity index (χ1) is 8.04. The van der Waals surface area contributed by atoms with Crippen LogP contribution in [-0.2, 0) is 0 Å². The number of hydrogen-bond donors (Lipinski definition) is 1. The summed E-state index contributed by atoms with van der Waals surface area (Å²) in [5.41, 5.74) is 4.15. The van der Waals surface area contributed by atoms with Crippen LogP contribution < -0.4 is 5.32 Å². The smallest absolute Gasteiger partial charge is 0.0297 e. The lowest BCUT2D eigenvalue weighted by molar-refractivity contribution is 0.509. The van der Waals surface area contributed by atoms with Crippen LogP contribution in [0.4, 0.5) is 0 Å². The molecule has 0 aliphatic heterocycles. The molecular weight excluding hydrogens is 226 g/mol. The molecule has 0 aliphatic carbocycles. The van der Waals surface area contributed by atoms with Gasteiger partial charge in [0.15, 0.2) is 0 Å². The highest BCUT2D eigenvalue weighted by atomic mass is 32.2. The van der Waals surface area contributed by atoms with E-state index in [1.807, 2.05) is 11.8 Å². The summed E-state index contributed by atoms with van der Waals surface area (Å²) in [5, 5.41) is 3.68. The average Bonchev–Trinajstić information content (AvgIpc) is 2.29. The fourth-order valence-corrected chi connectivity index (χ4v) is 2.77. The quantitative estimate of drug-likeness (QED) is 0.817. The molecule has 1 aromatic rings. The monoisotopic (exact) mass is 251 g/mol. The maximum atomic E-state index is 3.68. The number of hydrogen-bond acceptors (Lipinski definition) is 2. The van der Waals surface area contributed by atoms with Crippen molar-refractivity contribution >= 4 is 11.8 Å². The zero-order valence-corrected chi connectivity index (χ0v) is 12.5. The Morgan fingerprint density at radius 3 is 2.59 bits per heavy atom. The SMILES string of the molecule is CCSCC(C)NC(C)c1cc(C)ccc1C. The van der Waals surface area contributed by atoms with E-state index in [2.05, 4.69) is 58.1 Å². The molecule has 0 aromatic heterocycles. The van der Waals surface area contributed by atoms with E-state index in [0.717, 1.165) is 0 Å². The summed E-state index contributed by atoms with van der Waals surface area (Å²) in [5.74, 6) is 2.38. The fraction of sp³-hybridized carbons (Fsp3) is 0.600. The van der Waals surface area contributed by atoms with E-state index in [-0.39, 0.29) is 0 Å². The van der Waals surface area contributed by atoms with Gasteiger partial charge in [-0.25, -0.2) is 0 Å². The first-order valence-corrected chi connectivity index (χ1v) is 7.61. The molecule has 0 aliphatic rings. The minimum atomic E-state index is 0.433. The Labute approximate surface area is 110 Å². The van der Waals surface area contributed by atoms with E-state index in [4.69, 9.17) is 0 Å². The largest absolute Gasteiger partial charge is 0.307 e. The van der Waals surface area contributed by atoms with E-state index in [0.29, 0.717) is 12.1 Å². The van der Waals surface area contributed by atoms with Gasteiger partial charge in [-0.2, -0.15) is 11.8 Å². The third-order valence-corrected chi connectivity index (χ3v) is 4.15. The molecule has 2 heteroatoms. The normalized spacial score (nSPS) is 14.6. The maximum Gasteiger partial charge on any atom is 0.0297 e. The van der Waals surface area contributed by atoms with E-state index in [1.165, 1.54) is 28.2 Å². The summed E-state index contributed by atoms with van der Waals surface area (Å²) >= 11 is 2.00. The van der Waals surface area contributed by atoms with Gasteiger partial charge in [-0.3, -0.25) is 0 Å². The molecule has 96 valence electrons. The van der Waals surface area contributed by atoms with Gasteiger partial charge >= 0.3 is 0 Å². The molecule has 1 aromatic carbocycles. The lowest BCUT2D eigenvalue weighted by Crippen LogP contribution is -2.31. The van der Waals surface area contributed by atoms with Crippen molar-refractivity contribution in [1.82, 2.24) is 5.32 Å². The van der Waals surface area contributed by atoms with Gasteiger partial charge in [0, 0.05) is 17.8 Å². The predicted octanol–water partition coefficient (Wildman–Crippen LogP) is 4.10. The summed E-state index contributed by atoms with van der Waals surface area (Å²) in [4.78, 5) is 0. The molecule has 0 saturated carbocycles. The first-order valence-electron chi connectivity index (χ1n) is 6.45. The van der Waals surface area contributed by atoms with Crippen LogP contribution in [-0.4, -0.2) is 17.5 Å². The van der Waals surface area contributed by atoms with Crippen LogP contribution >= 0.6 is 11.8 Å². The van der Waals surface area contributed by atoms with Crippen molar-refractivity contribution in [2.24, 2.45) is 0 Å². The Balaban J connectivity index is 2.62. The lowest BCUT2D eigenvalue weighted by atomic mass is 9.99. The van der Waals surface area contributed by atoms with Crippen molar-refractivity contribution in [1.29, 1.82) is 0 Å². The van der Waals surface area contributed by atoms with Gasteiger partial charge in [-0.15, -0.1) is 0 Å². The molecule has 1 nitrogen and oxygen atoms in total. The van der Waals surface area contributed by atoms with Crippen LogP contribution in [0.15, 0.2) is 18.2 Å². The highest BCUT2D eigenvalue weighted by molar-refractivity contribution is 7.99.